The first-order valence-electron chi connectivity index (χ1n) is 12.4. The lowest BCUT2D eigenvalue weighted by atomic mass is 9.55. The minimum atomic E-state index is 0.0130. The summed E-state index contributed by atoms with van der Waals surface area (Å²) in [5, 5.41) is 0. The number of ether oxygens (including phenoxy) is 2. The molecule has 0 unspecified atom stereocenters. The molecule has 5 rings (SSSR count). The minimum Gasteiger partial charge on any atom is -0.497 e. The second-order valence-corrected chi connectivity index (χ2v) is 10.9. The predicted octanol–water partition coefficient (Wildman–Crippen LogP) is 4.52. The Morgan fingerprint density at radius 1 is 1.25 bits per heavy atom. The summed E-state index contributed by atoms with van der Waals surface area (Å²) in [6.45, 7) is 12.9. The number of benzene rings is 1. The molecule has 4 fully saturated rings. The van der Waals surface area contributed by atoms with E-state index in [1.54, 1.807) is 7.11 Å². The van der Waals surface area contributed by atoms with E-state index in [0.717, 1.165) is 51.2 Å². The molecule has 2 aliphatic carbocycles. The van der Waals surface area contributed by atoms with Crippen LogP contribution in [-0.4, -0.2) is 56.3 Å². The molecular formula is C27H38N2O3. The van der Waals surface area contributed by atoms with Crippen LogP contribution in [0.25, 0.3) is 0 Å². The Kier molecular flexibility index (Phi) is 5.73. The van der Waals surface area contributed by atoms with Gasteiger partial charge in [0.25, 0.3) is 0 Å². The minimum absolute atomic E-state index is 0.0130. The van der Waals surface area contributed by atoms with Crippen molar-refractivity contribution in [3.63, 3.8) is 0 Å². The van der Waals surface area contributed by atoms with Crippen molar-refractivity contribution >= 4 is 11.7 Å². The fourth-order valence-corrected chi connectivity index (χ4v) is 7.10. The summed E-state index contributed by atoms with van der Waals surface area (Å²) in [6, 6.07) is 8.73. The van der Waals surface area contributed by atoms with Crippen LogP contribution in [0.2, 0.25) is 0 Å². The second kappa shape index (κ2) is 8.40. The van der Waals surface area contributed by atoms with Gasteiger partial charge in [0, 0.05) is 43.8 Å². The average Bonchev–Trinajstić information content (AvgIpc) is 3.06. The number of piperazine rings is 1. The third kappa shape index (κ3) is 3.83. The topological polar surface area (TPSA) is 42.0 Å². The van der Waals surface area contributed by atoms with Crippen molar-refractivity contribution in [3.05, 3.63) is 36.4 Å². The fourth-order valence-electron chi connectivity index (χ4n) is 7.10. The van der Waals surface area contributed by atoms with Gasteiger partial charge in [0.05, 0.1) is 13.0 Å². The van der Waals surface area contributed by atoms with Gasteiger partial charge in [0.1, 0.15) is 11.9 Å². The number of methoxy groups -OCH3 is 1. The Bertz CT molecular complexity index is 868. The van der Waals surface area contributed by atoms with Gasteiger partial charge in [-0.1, -0.05) is 19.1 Å². The van der Waals surface area contributed by atoms with E-state index in [0.29, 0.717) is 17.9 Å². The van der Waals surface area contributed by atoms with Crippen molar-refractivity contribution in [2.24, 2.45) is 23.2 Å². The molecule has 2 heterocycles. The molecule has 2 saturated carbocycles. The first kappa shape index (κ1) is 21.8. The standard InChI is InChI=1S/C27H38N2O3/c1-18-6-5-11-27(3)15-25-22(14-24(18)27)23(26(30)32-25)17-28-12-13-29(19(2)16-28)20-7-9-21(31-4)10-8-20/h7-10,19,22-25H,1,5-6,11-17H2,2-4H3/t19-,22+,23+,24+,25-,27-/m1/s1. The van der Waals surface area contributed by atoms with Crippen LogP contribution < -0.4 is 9.64 Å². The molecule has 0 aromatic heterocycles. The normalized spacial score (nSPS) is 37.6. The summed E-state index contributed by atoms with van der Waals surface area (Å²) in [5.74, 6) is 1.85. The number of carbonyl (C=O) groups excluding carboxylic acids is 1. The predicted molar refractivity (Wildman–Crippen MR) is 127 cm³/mol. The van der Waals surface area contributed by atoms with Crippen LogP contribution in [0, 0.1) is 23.2 Å². The number of rotatable bonds is 4. The van der Waals surface area contributed by atoms with Gasteiger partial charge in [-0.25, -0.2) is 0 Å². The van der Waals surface area contributed by atoms with Gasteiger partial charge < -0.3 is 14.4 Å². The molecule has 2 saturated heterocycles. The number of esters is 1. The van der Waals surface area contributed by atoms with Crippen molar-refractivity contribution < 1.29 is 14.3 Å². The first-order valence-corrected chi connectivity index (χ1v) is 12.4. The molecule has 5 heteroatoms. The molecule has 1 aromatic carbocycles. The third-order valence-electron chi connectivity index (χ3n) is 8.89. The van der Waals surface area contributed by atoms with E-state index in [4.69, 9.17) is 9.47 Å². The van der Waals surface area contributed by atoms with Crippen LogP contribution in [0.1, 0.15) is 46.0 Å². The second-order valence-electron chi connectivity index (χ2n) is 10.9. The van der Waals surface area contributed by atoms with E-state index in [1.807, 2.05) is 12.1 Å². The van der Waals surface area contributed by atoms with Gasteiger partial charge in [0.2, 0.25) is 0 Å². The monoisotopic (exact) mass is 438 g/mol. The molecule has 0 amide bonds. The highest BCUT2D eigenvalue weighted by Crippen LogP contribution is 2.57. The van der Waals surface area contributed by atoms with Crippen LogP contribution >= 0.6 is 0 Å². The van der Waals surface area contributed by atoms with Crippen LogP contribution in [0.3, 0.4) is 0 Å². The maximum atomic E-state index is 12.9. The van der Waals surface area contributed by atoms with Gasteiger partial charge in [-0.3, -0.25) is 9.69 Å². The molecule has 174 valence electrons. The summed E-state index contributed by atoms with van der Waals surface area (Å²) in [7, 11) is 1.70. The molecule has 2 aliphatic heterocycles. The zero-order chi connectivity index (χ0) is 22.5. The maximum Gasteiger partial charge on any atom is 0.310 e. The van der Waals surface area contributed by atoms with E-state index in [-0.39, 0.29) is 23.4 Å². The quantitative estimate of drug-likeness (QED) is 0.511. The first-order chi connectivity index (χ1) is 15.4. The SMILES string of the molecule is C=C1CCC[C@]2(C)C[C@H]3OC(=O)[C@@H](CN4CCN(c5ccc(OC)cc5)[C@H](C)C4)[C@@H]3C[C@@H]12. The number of allylic oxidation sites excluding steroid dienone is 1. The molecule has 0 N–H and O–H groups in total. The molecule has 0 radical (unpaired) electrons. The fraction of sp³-hybridized carbons (Fsp3) is 0.667. The highest BCUT2D eigenvalue weighted by atomic mass is 16.6. The summed E-state index contributed by atoms with van der Waals surface area (Å²) < 4.78 is 11.3. The molecular weight excluding hydrogens is 400 g/mol. The molecule has 6 atom stereocenters. The Morgan fingerprint density at radius 2 is 2.03 bits per heavy atom. The number of anilines is 1. The zero-order valence-corrected chi connectivity index (χ0v) is 19.9. The highest BCUT2D eigenvalue weighted by molar-refractivity contribution is 5.75. The molecule has 5 nitrogen and oxygen atoms in total. The van der Waals surface area contributed by atoms with Crippen LogP contribution in [0.5, 0.6) is 5.75 Å². The largest absolute Gasteiger partial charge is 0.497 e. The van der Waals surface area contributed by atoms with Gasteiger partial charge >= 0.3 is 5.97 Å². The maximum absolute atomic E-state index is 12.9. The lowest BCUT2D eigenvalue weighted by Crippen LogP contribution is -2.54. The van der Waals surface area contributed by atoms with Gasteiger partial charge in [-0.2, -0.15) is 0 Å². The van der Waals surface area contributed by atoms with Crippen molar-refractivity contribution in [1.29, 1.82) is 0 Å². The summed E-state index contributed by atoms with van der Waals surface area (Å²) in [6.07, 6.45) is 5.84. The van der Waals surface area contributed by atoms with Crippen molar-refractivity contribution in [1.82, 2.24) is 4.90 Å². The highest BCUT2D eigenvalue weighted by Gasteiger charge is 2.55. The number of hydrogen-bond donors (Lipinski definition) is 0. The third-order valence-corrected chi connectivity index (χ3v) is 8.89. The number of fused-ring (bicyclic) bond motifs is 2. The van der Waals surface area contributed by atoms with Crippen molar-refractivity contribution in [3.8, 4) is 5.75 Å². The Morgan fingerprint density at radius 3 is 2.75 bits per heavy atom. The Balaban J connectivity index is 1.24. The molecule has 0 bridgehead atoms. The molecule has 0 spiro atoms. The van der Waals surface area contributed by atoms with E-state index in [2.05, 4.69) is 42.4 Å². The van der Waals surface area contributed by atoms with E-state index < -0.39 is 0 Å². The smallest absolute Gasteiger partial charge is 0.310 e. The van der Waals surface area contributed by atoms with Crippen LogP contribution in [0.4, 0.5) is 5.69 Å². The van der Waals surface area contributed by atoms with Crippen LogP contribution in [-0.2, 0) is 9.53 Å². The van der Waals surface area contributed by atoms with Gasteiger partial charge in [-0.15, -0.1) is 0 Å². The summed E-state index contributed by atoms with van der Waals surface area (Å²) in [4.78, 5) is 17.9. The molecule has 32 heavy (non-hydrogen) atoms. The Labute approximate surface area is 192 Å². The molecule has 1 aromatic rings. The van der Waals surface area contributed by atoms with E-state index >= 15 is 0 Å². The van der Waals surface area contributed by atoms with Gasteiger partial charge in [0.15, 0.2) is 0 Å². The van der Waals surface area contributed by atoms with Gasteiger partial charge in [-0.05, 0) is 74.6 Å². The molecule has 4 aliphatic rings. The van der Waals surface area contributed by atoms with E-state index in [9.17, 15) is 4.79 Å². The van der Waals surface area contributed by atoms with Crippen molar-refractivity contribution in [2.45, 2.75) is 58.1 Å². The number of hydrogen-bond acceptors (Lipinski definition) is 5. The number of nitrogens with zero attached hydrogens (tertiary/aromatic N) is 2. The number of carbonyl (C=O) groups is 1. The lowest BCUT2D eigenvalue weighted by Gasteiger charge is -2.50. The average molecular weight is 439 g/mol. The van der Waals surface area contributed by atoms with Crippen LogP contribution in [0.15, 0.2) is 36.4 Å². The Hall–Kier alpha value is -2.01. The van der Waals surface area contributed by atoms with E-state index in [1.165, 1.54) is 24.1 Å². The summed E-state index contributed by atoms with van der Waals surface area (Å²) >= 11 is 0. The summed E-state index contributed by atoms with van der Waals surface area (Å²) in [5.41, 5.74) is 2.92. The lowest BCUT2D eigenvalue weighted by molar-refractivity contribution is -0.146. The zero-order valence-electron chi connectivity index (χ0n) is 19.9. The van der Waals surface area contributed by atoms with Crippen molar-refractivity contribution in [2.75, 3.05) is 38.2 Å².